The molecule has 0 spiro atoms. The highest BCUT2D eigenvalue weighted by Gasteiger charge is 2.31. The fourth-order valence-electron chi connectivity index (χ4n) is 3.32. The van der Waals surface area contributed by atoms with E-state index in [0.717, 1.165) is 74.1 Å². The average molecular weight is 410 g/mol. The third-order valence-corrected chi connectivity index (χ3v) is 6.91. The van der Waals surface area contributed by atoms with Gasteiger partial charge in [0.25, 0.3) is 0 Å². The highest BCUT2D eigenvalue weighted by molar-refractivity contribution is 8.00. The molecule has 2 atom stereocenters. The first-order valence-electron chi connectivity index (χ1n) is 10.1. The van der Waals surface area contributed by atoms with Crippen molar-refractivity contribution in [3.63, 3.8) is 0 Å². The van der Waals surface area contributed by atoms with E-state index in [-0.39, 0.29) is 11.8 Å². The second-order valence-corrected chi connectivity index (χ2v) is 9.48. The van der Waals surface area contributed by atoms with E-state index in [9.17, 15) is 4.79 Å². The van der Waals surface area contributed by atoms with Crippen LogP contribution in [0.3, 0.4) is 0 Å². The van der Waals surface area contributed by atoms with Crippen LogP contribution in [0.2, 0.25) is 0 Å². The lowest BCUT2D eigenvalue weighted by atomic mass is 9.85. The summed E-state index contributed by atoms with van der Waals surface area (Å²) in [6.07, 6.45) is 9.30. The van der Waals surface area contributed by atoms with Crippen molar-refractivity contribution >= 4 is 35.0 Å². The predicted molar refractivity (Wildman–Crippen MR) is 113 cm³/mol. The van der Waals surface area contributed by atoms with Gasteiger partial charge in [0.05, 0.1) is 0 Å². The van der Waals surface area contributed by atoms with Gasteiger partial charge in [0.1, 0.15) is 4.34 Å². The van der Waals surface area contributed by atoms with Crippen molar-refractivity contribution in [1.82, 2.24) is 20.9 Å². The molecule has 2 aliphatic rings. The highest BCUT2D eigenvalue weighted by atomic mass is 32.2. The van der Waals surface area contributed by atoms with Gasteiger partial charge in [0.15, 0.2) is 5.96 Å². The van der Waals surface area contributed by atoms with Crippen LogP contribution >= 0.6 is 23.1 Å². The molecule has 3 rings (SSSR count). The molecule has 0 aromatic carbocycles. The smallest absolute Gasteiger partial charge is 0.223 e. The summed E-state index contributed by atoms with van der Waals surface area (Å²) in [6.45, 7) is 3.73. The van der Waals surface area contributed by atoms with Crippen molar-refractivity contribution < 1.29 is 4.79 Å². The summed E-state index contributed by atoms with van der Waals surface area (Å²) in [5.74, 6) is 2.31. The lowest BCUT2D eigenvalue weighted by molar-refractivity contribution is -0.126. The quantitative estimate of drug-likeness (QED) is 0.253. The zero-order valence-electron chi connectivity index (χ0n) is 16.1. The number of guanidine groups is 1. The van der Waals surface area contributed by atoms with Crippen LogP contribution in [0.25, 0.3) is 0 Å². The van der Waals surface area contributed by atoms with E-state index in [0.29, 0.717) is 12.1 Å². The van der Waals surface area contributed by atoms with Gasteiger partial charge in [0.2, 0.25) is 5.91 Å². The molecule has 27 heavy (non-hydrogen) atoms. The molecule has 2 saturated carbocycles. The van der Waals surface area contributed by atoms with Crippen LogP contribution in [0, 0.1) is 5.92 Å². The number of rotatable bonds is 9. The Bertz CT molecular complexity index is 603. The Labute approximate surface area is 170 Å². The number of aliphatic imine (C=N–C) groups is 1. The molecular weight excluding hydrogens is 378 g/mol. The van der Waals surface area contributed by atoms with Crippen molar-refractivity contribution in [1.29, 1.82) is 0 Å². The SMILES string of the molecule is CCNC(=NCCCSc1nccs1)NC1CCCC(C(=O)NC2CC2)C1. The molecule has 2 unspecified atom stereocenters. The number of carbonyl (C=O) groups is 1. The third kappa shape index (κ3) is 7.33. The molecule has 6 nitrogen and oxygen atoms in total. The van der Waals surface area contributed by atoms with E-state index < -0.39 is 0 Å². The van der Waals surface area contributed by atoms with Crippen LogP contribution in [0.4, 0.5) is 0 Å². The number of amides is 1. The summed E-state index contributed by atoms with van der Waals surface area (Å²) < 4.78 is 1.13. The molecule has 0 radical (unpaired) electrons. The minimum absolute atomic E-state index is 0.148. The third-order valence-electron chi connectivity index (χ3n) is 4.86. The van der Waals surface area contributed by atoms with Crippen LogP contribution in [-0.2, 0) is 4.79 Å². The first-order chi connectivity index (χ1) is 13.2. The van der Waals surface area contributed by atoms with E-state index in [1.54, 1.807) is 23.1 Å². The van der Waals surface area contributed by atoms with Gasteiger partial charge in [-0.3, -0.25) is 9.79 Å². The first kappa shape index (κ1) is 20.5. The molecule has 2 aliphatic carbocycles. The lowest BCUT2D eigenvalue weighted by Crippen LogP contribution is -2.47. The van der Waals surface area contributed by atoms with Gasteiger partial charge < -0.3 is 16.0 Å². The van der Waals surface area contributed by atoms with E-state index in [4.69, 9.17) is 4.99 Å². The molecule has 0 bridgehead atoms. The summed E-state index contributed by atoms with van der Waals surface area (Å²) >= 11 is 3.48. The fraction of sp³-hybridized carbons (Fsp3) is 0.737. The summed E-state index contributed by atoms with van der Waals surface area (Å²) in [6, 6.07) is 0.781. The van der Waals surface area contributed by atoms with E-state index in [1.807, 2.05) is 11.6 Å². The van der Waals surface area contributed by atoms with Crippen molar-refractivity contribution in [3.8, 4) is 0 Å². The van der Waals surface area contributed by atoms with Crippen LogP contribution in [0.15, 0.2) is 20.9 Å². The summed E-state index contributed by atoms with van der Waals surface area (Å²) in [4.78, 5) is 21.4. The van der Waals surface area contributed by atoms with Gasteiger partial charge in [-0.2, -0.15) is 0 Å². The van der Waals surface area contributed by atoms with E-state index in [1.165, 1.54) is 0 Å². The van der Waals surface area contributed by atoms with Gasteiger partial charge >= 0.3 is 0 Å². The Kier molecular flexibility index (Phi) is 8.26. The molecule has 2 fully saturated rings. The maximum Gasteiger partial charge on any atom is 0.223 e. The normalized spacial score (nSPS) is 23.1. The van der Waals surface area contributed by atoms with Crippen molar-refractivity contribution in [2.45, 2.75) is 68.3 Å². The monoisotopic (exact) mass is 409 g/mol. The van der Waals surface area contributed by atoms with Crippen molar-refractivity contribution in [2.24, 2.45) is 10.9 Å². The first-order valence-corrected chi connectivity index (χ1v) is 12.0. The maximum atomic E-state index is 12.4. The molecule has 8 heteroatoms. The zero-order chi connectivity index (χ0) is 18.9. The van der Waals surface area contributed by atoms with Crippen molar-refractivity contribution in [3.05, 3.63) is 11.6 Å². The molecule has 1 heterocycles. The number of aromatic nitrogens is 1. The molecule has 3 N–H and O–H groups in total. The molecule has 150 valence electrons. The van der Waals surface area contributed by atoms with E-state index in [2.05, 4.69) is 27.9 Å². The topological polar surface area (TPSA) is 78.4 Å². The second-order valence-electron chi connectivity index (χ2n) is 7.25. The van der Waals surface area contributed by atoms with Crippen LogP contribution < -0.4 is 16.0 Å². The molecule has 0 saturated heterocycles. The molecular formula is C19H31N5OS2. The standard InChI is InChI=1S/C19H31N5OS2/c1-2-20-18(21-9-4-11-26-19-22-10-12-27-19)24-16-6-3-5-14(13-16)17(25)23-15-7-8-15/h10,12,14-16H,2-9,11,13H2,1H3,(H,23,25)(H2,20,21,24). The minimum atomic E-state index is 0.148. The van der Waals surface area contributed by atoms with E-state index >= 15 is 0 Å². The molecule has 1 amide bonds. The van der Waals surface area contributed by atoms with Crippen LogP contribution in [0.1, 0.15) is 51.9 Å². The Balaban J connectivity index is 1.40. The molecule has 1 aromatic heterocycles. The molecule has 1 aromatic rings. The summed E-state index contributed by atoms with van der Waals surface area (Å²) in [5, 5.41) is 12.1. The van der Waals surface area contributed by atoms with Crippen LogP contribution in [-0.4, -0.2) is 47.8 Å². The number of thioether (sulfide) groups is 1. The Morgan fingerprint density at radius 2 is 2.19 bits per heavy atom. The number of hydrogen-bond donors (Lipinski definition) is 3. The number of nitrogens with one attached hydrogen (secondary N) is 3. The van der Waals surface area contributed by atoms with Gasteiger partial charge in [-0.1, -0.05) is 18.2 Å². The maximum absolute atomic E-state index is 12.4. The van der Waals surface area contributed by atoms with Crippen LogP contribution in [0.5, 0.6) is 0 Å². The Morgan fingerprint density at radius 1 is 1.30 bits per heavy atom. The summed E-state index contributed by atoms with van der Waals surface area (Å²) in [7, 11) is 0. The Hall–Kier alpha value is -1.28. The van der Waals surface area contributed by atoms with Gasteiger partial charge in [0, 0.05) is 48.4 Å². The van der Waals surface area contributed by atoms with Gasteiger partial charge in [-0.25, -0.2) is 4.98 Å². The highest BCUT2D eigenvalue weighted by Crippen LogP contribution is 2.26. The van der Waals surface area contributed by atoms with Gasteiger partial charge in [-0.05, 0) is 45.4 Å². The Morgan fingerprint density at radius 3 is 2.93 bits per heavy atom. The molecule has 0 aliphatic heterocycles. The number of thiazole rings is 1. The summed E-state index contributed by atoms with van der Waals surface area (Å²) in [5.41, 5.74) is 0. The van der Waals surface area contributed by atoms with Gasteiger partial charge in [-0.15, -0.1) is 11.3 Å². The predicted octanol–water partition coefficient (Wildman–Crippen LogP) is 3.02. The fourth-order valence-corrected chi connectivity index (χ4v) is 4.95. The number of carbonyl (C=O) groups excluding carboxylic acids is 1. The number of nitrogens with zero attached hydrogens (tertiary/aromatic N) is 2. The lowest BCUT2D eigenvalue weighted by Gasteiger charge is -2.30. The minimum Gasteiger partial charge on any atom is -0.357 e. The second kappa shape index (κ2) is 10.9. The largest absolute Gasteiger partial charge is 0.357 e. The zero-order valence-corrected chi connectivity index (χ0v) is 17.7. The number of hydrogen-bond acceptors (Lipinski definition) is 5. The van der Waals surface area contributed by atoms with Crippen molar-refractivity contribution in [2.75, 3.05) is 18.8 Å². The average Bonchev–Trinajstić information content (AvgIpc) is 3.33.